The molecule has 2 aromatic rings. The number of hydrogen-bond acceptors (Lipinski definition) is 4. The summed E-state index contributed by atoms with van der Waals surface area (Å²) in [7, 11) is 0. The van der Waals surface area contributed by atoms with E-state index < -0.39 is 5.97 Å². The molecule has 0 saturated carbocycles. The molecular weight excluding hydrogens is 256 g/mol. The van der Waals surface area contributed by atoms with Gasteiger partial charge in [-0.3, -0.25) is 0 Å². The third-order valence-corrected chi connectivity index (χ3v) is 3.32. The summed E-state index contributed by atoms with van der Waals surface area (Å²) in [6.45, 7) is 7.81. The Morgan fingerprint density at radius 3 is 2.30 bits per heavy atom. The molecule has 1 heterocycles. The molecule has 6 nitrogen and oxygen atoms in total. The van der Waals surface area contributed by atoms with E-state index in [2.05, 4.69) is 29.1 Å². The molecule has 0 bridgehead atoms. The quantitative estimate of drug-likeness (QED) is 0.904. The highest BCUT2D eigenvalue weighted by molar-refractivity contribution is 5.86. The largest absolute Gasteiger partial charge is 0.476 e. The Morgan fingerprint density at radius 1 is 1.25 bits per heavy atom. The van der Waals surface area contributed by atoms with Gasteiger partial charge in [-0.05, 0) is 45.0 Å². The van der Waals surface area contributed by atoms with Crippen LogP contribution in [0.3, 0.4) is 0 Å². The molecule has 1 aromatic heterocycles. The van der Waals surface area contributed by atoms with Crippen molar-refractivity contribution in [2.24, 2.45) is 0 Å². The molecule has 20 heavy (non-hydrogen) atoms. The zero-order valence-corrected chi connectivity index (χ0v) is 11.9. The number of aromatic carboxylic acids is 1. The van der Waals surface area contributed by atoms with Crippen LogP contribution in [0.25, 0.3) is 5.69 Å². The van der Waals surface area contributed by atoms with Crippen molar-refractivity contribution >= 4 is 11.7 Å². The van der Waals surface area contributed by atoms with Gasteiger partial charge in [0.1, 0.15) is 0 Å². The summed E-state index contributed by atoms with van der Waals surface area (Å²) >= 11 is 0. The van der Waals surface area contributed by atoms with Gasteiger partial charge < -0.3 is 10.0 Å². The van der Waals surface area contributed by atoms with Crippen molar-refractivity contribution in [2.45, 2.75) is 20.8 Å². The minimum atomic E-state index is -1.06. The maximum Gasteiger partial charge on any atom is 0.358 e. The van der Waals surface area contributed by atoms with Crippen LogP contribution < -0.4 is 4.90 Å². The van der Waals surface area contributed by atoms with E-state index in [4.69, 9.17) is 5.11 Å². The lowest BCUT2D eigenvalue weighted by Gasteiger charge is -2.21. The molecule has 0 aliphatic carbocycles. The van der Waals surface area contributed by atoms with Gasteiger partial charge in [-0.2, -0.15) is 0 Å². The standard InChI is InChI=1S/C14H18N4O2/c1-4-17(5-2)11-6-8-12(9-7-11)18-10(3)13(14(19)20)15-16-18/h6-9H,4-5H2,1-3H3,(H,19,20). The molecule has 1 aromatic carbocycles. The fourth-order valence-corrected chi connectivity index (χ4v) is 2.17. The van der Waals surface area contributed by atoms with Gasteiger partial charge in [0, 0.05) is 18.8 Å². The van der Waals surface area contributed by atoms with Crippen molar-refractivity contribution in [2.75, 3.05) is 18.0 Å². The Morgan fingerprint density at radius 2 is 1.85 bits per heavy atom. The maximum atomic E-state index is 11.0. The van der Waals surface area contributed by atoms with Crippen LogP contribution in [0.4, 0.5) is 5.69 Å². The molecule has 2 rings (SSSR count). The van der Waals surface area contributed by atoms with Crippen molar-refractivity contribution < 1.29 is 9.90 Å². The normalized spacial score (nSPS) is 10.6. The highest BCUT2D eigenvalue weighted by Crippen LogP contribution is 2.18. The van der Waals surface area contributed by atoms with Crippen molar-refractivity contribution in [3.63, 3.8) is 0 Å². The molecule has 0 spiro atoms. The molecule has 0 aliphatic heterocycles. The van der Waals surface area contributed by atoms with Crippen molar-refractivity contribution in [1.82, 2.24) is 15.0 Å². The van der Waals surface area contributed by atoms with Crippen molar-refractivity contribution in [1.29, 1.82) is 0 Å². The highest BCUT2D eigenvalue weighted by Gasteiger charge is 2.16. The lowest BCUT2D eigenvalue weighted by molar-refractivity contribution is 0.0689. The molecule has 0 fully saturated rings. The maximum absolute atomic E-state index is 11.0. The van der Waals surface area contributed by atoms with Crippen LogP contribution in [0.2, 0.25) is 0 Å². The molecule has 0 aliphatic rings. The van der Waals surface area contributed by atoms with E-state index in [0.717, 1.165) is 24.5 Å². The second-order valence-corrected chi connectivity index (χ2v) is 4.43. The first-order valence-electron chi connectivity index (χ1n) is 6.59. The average molecular weight is 274 g/mol. The SMILES string of the molecule is CCN(CC)c1ccc(-n2nnc(C(=O)O)c2C)cc1. The van der Waals surface area contributed by atoms with Crippen LogP contribution in [-0.4, -0.2) is 39.2 Å². The number of rotatable bonds is 5. The summed E-state index contributed by atoms with van der Waals surface area (Å²) < 4.78 is 1.54. The number of nitrogens with zero attached hydrogens (tertiary/aromatic N) is 4. The second kappa shape index (κ2) is 5.73. The van der Waals surface area contributed by atoms with Crippen molar-refractivity contribution in [3.8, 4) is 5.69 Å². The van der Waals surface area contributed by atoms with E-state index >= 15 is 0 Å². The van der Waals surface area contributed by atoms with E-state index in [-0.39, 0.29) is 5.69 Å². The molecule has 0 saturated heterocycles. The monoisotopic (exact) mass is 274 g/mol. The van der Waals surface area contributed by atoms with Crippen LogP contribution in [0.15, 0.2) is 24.3 Å². The molecule has 106 valence electrons. The zero-order chi connectivity index (χ0) is 14.7. The van der Waals surface area contributed by atoms with Gasteiger partial charge in [0.25, 0.3) is 0 Å². The lowest BCUT2D eigenvalue weighted by atomic mass is 10.2. The van der Waals surface area contributed by atoms with Gasteiger partial charge in [0.05, 0.1) is 11.4 Å². The molecule has 0 radical (unpaired) electrons. The topological polar surface area (TPSA) is 71.2 Å². The summed E-state index contributed by atoms with van der Waals surface area (Å²) in [6.07, 6.45) is 0. The third-order valence-electron chi connectivity index (χ3n) is 3.32. The summed E-state index contributed by atoms with van der Waals surface area (Å²) in [5, 5.41) is 16.6. The predicted molar refractivity (Wildman–Crippen MR) is 76.6 cm³/mol. The Balaban J connectivity index is 2.33. The van der Waals surface area contributed by atoms with Gasteiger partial charge in [-0.25, -0.2) is 9.48 Å². The van der Waals surface area contributed by atoms with E-state index in [1.54, 1.807) is 6.92 Å². The molecule has 1 N–H and O–H groups in total. The van der Waals surface area contributed by atoms with Crippen LogP contribution in [0.5, 0.6) is 0 Å². The molecule has 0 amide bonds. The van der Waals surface area contributed by atoms with Crippen LogP contribution in [-0.2, 0) is 0 Å². The minimum Gasteiger partial charge on any atom is -0.476 e. The molecule has 0 atom stereocenters. The van der Waals surface area contributed by atoms with Crippen LogP contribution >= 0.6 is 0 Å². The Hall–Kier alpha value is -2.37. The number of hydrogen-bond donors (Lipinski definition) is 1. The Bertz CT molecular complexity index is 600. The molecular formula is C14H18N4O2. The lowest BCUT2D eigenvalue weighted by Crippen LogP contribution is -2.21. The van der Waals surface area contributed by atoms with E-state index in [1.165, 1.54) is 4.68 Å². The Labute approximate surface area is 117 Å². The summed E-state index contributed by atoms with van der Waals surface area (Å²) in [5.41, 5.74) is 2.44. The fourth-order valence-electron chi connectivity index (χ4n) is 2.17. The summed E-state index contributed by atoms with van der Waals surface area (Å²) in [4.78, 5) is 13.2. The van der Waals surface area contributed by atoms with Gasteiger partial charge in [-0.1, -0.05) is 5.21 Å². The number of carboxylic acids is 1. The third kappa shape index (κ3) is 2.49. The number of carbonyl (C=O) groups is 1. The number of aromatic nitrogens is 3. The number of anilines is 1. The zero-order valence-electron chi connectivity index (χ0n) is 11.9. The summed E-state index contributed by atoms with van der Waals surface area (Å²) in [5.74, 6) is -1.06. The van der Waals surface area contributed by atoms with E-state index in [9.17, 15) is 4.79 Å². The number of benzene rings is 1. The van der Waals surface area contributed by atoms with Gasteiger partial charge in [-0.15, -0.1) is 5.10 Å². The first-order valence-corrected chi connectivity index (χ1v) is 6.59. The highest BCUT2D eigenvalue weighted by atomic mass is 16.4. The summed E-state index contributed by atoms with van der Waals surface area (Å²) in [6, 6.07) is 7.84. The fraction of sp³-hybridized carbons (Fsp3) is 0.357. The molecule has 0 unspecified atom stereocenters. The van der Waals surface area contributed by atoms with Gasteiger partial charge >= 0.3 is 5.97 Å². The minimum absolute atomic E-state index is 0.0159. The van der Waals surface area contributed by atoms with Crippen molar-refractivity contribution in [3.05, 3.63) is 35.7 Å². The number of carboxylic acid groups (broad SMARTS) is 1. The van der Waals surface area contributed by atoms with Gasteiger partial charge in [0.15, 0.2) is 5.69 Å². The molecule has 6 heteroatoms. The van der Waals surface area contributed by atoms with E-state index in [1.807, 2.05) is 24.3 Å². The van der Waals surface area contributed by atoms with E-state index in [0.29, 0.717) is 5.69 Å². The first-order chi connectivity index (χ1) is 9.58. The average Bonchev–Trinajstić information content (AvgIpc) is 2.83. The van der Waals surface area contributed by atoms with Gasteiger partial charge in [0.2, 0.25) is 0 Å². The predicted octanol–water partition coefficient (Wildman–Crippen LogP) is 2.12. The second-order valence-electron chi connectivity index (χ2n) is 4.43. The first kappa shape index (κ1) is 14.0. The van der Waals surface area contributed by atoms with Crippen LogP contribution in [0.1, 0.15) is 30.0 Å². The smallest absolute Gasteiger partial charge is 0.358 e. The van der Waals surface area contributed by atoms with Crippen LogP contribution in [0, 0.1) is 6.92 Å². The Kier molecular flexibility index (Phi) is 4.02.